The van der Waals surface area contributed by atoms with Crippen LogP contribution in [0.5, 0.6) is 0 Å². The predicted molar refractivity (Wildman–Crippen MR) is 124 cm³/mol. The molecule has 1 fully saturated rings. The van der Waals surface area contributed by atoms with Gasteiger partial charge < -0.3 is 25.7 Å². The third-order valence-electron chi connectivity index (χ3n) is 5.21. The first-order valence-corrected chi connectivity index (χ1v) is 12.8. The number of nitrogens with zero attached hydrogens (tertiary/aromatic N) is 2. The smallest absolute Gasteiger partial charge is 0.408 e. The molecule has 2 unspecified atom stereocenters. The van der Waals surface area contributed by atoms with Crippen LogP contribution in [0.25, 0.3) is 0 Å². The van der Waals surface area contributed by atoms with Crippen molar-refractivity contribution in [3.8, 4) is 0 Å². The molecule has 0 bridgehead atoms. The molecule has 1 aromatic rings. The number of aromatic nitrogens is 1. The second kappa shape index (κ2) is 11.3. The molecule has 12 heteroatoms. The average molecular weight is 501 g/mol. The maximum absolute atomic E-state index is 13.0. The Morgan fingerprint density at radius 1 is 1.32 bits per heavy atom. The molecule has 1 saturated heterocycles. The van der Waals surface area contributed by atoms with E-state index in [9.17, 15) is 28.3 Å². The summed E-state index contributed by atoms with van der Waals surface area (Å²) in [5.74, 6) is -0.393. The quantitative estimate of drug-likeness (QED) is 0.371. The number of amides is 2. The van der Waals surface area contributed by atoms with Gasteiger partial charge in [-0.25, -0.2) is 13.2 Å². The van der Waals surface area contributed by atoms with Crippen LogP contribution in [0.3, 0.4) is 0 Å². The highest BCUT2D eigenvalue weighted by atomic mass is 32.2. The molecule has 2 rings (SSSR count). The first-order valence-electron chi connectivity index (χ1n) is 11.4. The fourth-order valence-corrected chi connectivity index (χ4v) is 5.20. The van der Waals surface area contributed by atoms with E-state index in [4.69, 9.17) is 4.74 Å². The molecule has 1 aliphatic rings. The van der Waals surface area contributed by atoms with Crippen LogP contribution in [-0.4, -0.2) is 66.7 Å². The van der Waals surface area contributed by atoms with Crippen molar-refractivity contribution < 1.29 is 32.6 Å². The van der Waals surface area contributed by atoms with Crippen LogP contribution >= 0.6 is 0 Å². The Morgan fingerprint density at radius 3 is 2.59 bits per heavy atom. The third-order valence-corrected chi connectivity index (χ3v) is 7.07. The van der Waals surface area contributed by atoms with Crippen molar-refractivity contribution in [2.45, 2.75) is 82.7 Å². The standard InChI is InChI=1S/C22H36N4O7S/c1-15(2)13-17(24-21(29)33-22(3,4)5)20(28)23-16-9-8-11-25(14-18(16)27)34(31,32)19-10-6-7-12-26(19)30/h6-7,10,12,15-18,27H,8-9,11,13-14H2,1-5H3,(H,23,28)(H,24,29)/t16?,17-,18?/m0/s1. The molecule has 0 spiro atoms. The molecular formula is C22H36N4O7S. The molecule has 0 aromatic carbocycles. The molecule has 1 aromatic heterocycles. The Morgan fingerprint density at radius 2 is 2.00 bits per heavy atom. The minimum absolute atomic E-state index is 0.0895. The molecule has 34 heavy (non-hydrogen) atoms. The van der Waals surface area contributed by atoms with Crippen LogP contribution in [0.2, 0.25) is 0 Å². The number of alkyl carbamates (subject to hydrolysis) is 1. The van der Waals surface area contributed by atoms with E-state index in [2.05, 4.69) is 10.6 Å². The van der Waals surface area contributed by atoms with Gasteiger partial charge in [0.25, 0.3) is 0 Å². The van der Waals surface area contributed by atoms with E-state index in [0.29, 0.717) is 19.3 Å². The normalized spacial score (nSPS) is 20.9. The SMILES string of the molecule is CC(C)C[C@H](NC(=O)OC(C)(C)C)C(=O)NC1CCCN(S(=O)(=O)c2cccc[n+]2[O-])CC1O. The second-order valence-corrected chi connectivity index (χ2v) is 11.8. The maximum Gasteiger partial charge on any atom is 0.408 e. The summed E-state index contributed by atoms with van der Waals surface area (Å²) in [6.45, 7) is 8.78. The van der Waals surface area contributed by atoms with E-state index in [1.54, 1.807) is 20.8 Å². The second-order valence-electron chi connectivity index (χ2n) is 9.88. The van der Waals surface area contributed by atoms with E-state index < -0.39 is 50.8 Å². The average Bonchev–Trinajstić information content (AvgIpc) is 2.88. The zero-order valence-electron chi connectivity index (χ0n) is 20.4. The summed E-state index contributed by atoms with van der Waals surface area (Å²) >= 11 is 0. The molecule has 3 atom stereocenters. The first-order chi connectivity index (χ1) is 15.7. The molecule has 0 saturated carbocycles. The summed E-state index contributed by atoms with van der Waals surface area (Å²) in [6, 6.07) is 2.48. The zero-order valence-corrected chi connectivity index (χ0v) is 21.2. The number of ether oxygens (including phenoxy) is 1. The van der Waals surface area contributed by atoms with Crippen LogP contribution in [-0.2, 0) is 19.6 Å². The fraction of sp³-hybridized carbons (Fsp3) is 0.682. The van der Waals surface area contributed by atoms with Crippen LogP contribution in [0.4, 0.5) is 4.79 Å². The summed E-state index contributed by atoms with van der Waals surface area (Å²) in [4.78, 5) is 25.2. The molecule has 2 heterocycles. The highest BCUT2D eigenvalue weighted by Gasteiger charge is 2.37. The number of carbonyl (C=O) groups excluding carboxylic acids is 2. The Balaban J connectivity index is 2.10. The number of nitrogens with one attached hydrogen (secondary N) is 2. The van der Waals surface area contributed by atoms with E-state index in [1.165, 1.54) is 18.2 Å². The minimum Gasteiger partial charge on any atom is -0.618 e. The van der Waals surface area contributed by atoms with E-state index in [-0.39, 0.29) is 23.7 Å². The first kappa shape index (κ1) is 27.8. The predicted octanol–water partition coefficient (Wildman–Crippen LogP) is 0.890. The van der Waals surface area contributed by atoms with Crippen LogP contribution in [0, 0.1) is 11.1 Å². The van der Waals surface area contributed by atoms with Gasteiger partial charge in [0.15, 0.2) is 6.20 Å². The molecule has 0 aliphatic carbocycles. The number of β-amino-alcohol motifs (C(OH)–C–C–N with tert-alkyl or cyclic N) is 1. The molecule has 2 amide bonds. The Labute approximate surface area is 201 Å². The molecule has 1 aliphatic heterocycles. The molecule has 11 nitrogen and oxygen atoms in total. The lowest BCUT2D eigenvalue weighted by molar-refractivity contribution is -0.646. The van der Waals surface area contributed by atoms with Crippen molar-refractivity contribution in [3.05, 3.63) is 29.6 Å². The van der Waals surface area contributed by atoms with Gasteiger partial charge in [0.1, 0.15) is 11.6 Å². The number of rotatable bonds is 7. The number of aliphatic hydroxyl groups excluding tert-OH is 1. The van der Waals surface area contributed by atoms with Crippen molar-refractivity contribution in [2.24, 2.45) is 5.92 Å². The van der Waals surface area contributed by atoms with E-state index >= 15 is 0 Å². The van der Waals surface area contributed by atoms with Gasteiger partial charge in [0.05, 0.1) is 12.1 Å². The number of hydrogen-bond acceptors (Lipinski definition) is 7. The lowest BCUT2D eigenvalue weighted by atomic mass is 10.0. The van der Waals surface area contributed by atoms with Crippen molar-refractivity contribution in [1.29, 1.82) is 0 Å². The van der Waals surface area contributed by atoms with Gasteiger partial charge >= 0.3 is 21.1 Å². The summed E-state index contributed by atoms with van der Waals surface area (Å²) < 4.78 is 32.5. The Kier molecular flexibility index (Phi) is 9.26. The number of sulfonamides is 1. The molecule has 3 N–H and O–H groups in total. The van der Waals surface area contributed by atoms with Gasteiger partial charge in [-0.3, -0.25) is 4.79 Å². The van der Waals surface area contributed by atoms with Crippen molar-refractivity contribution in [1.82, 2.24) is 14.9 Å². The molecular weight excluding hydrogens is 464 g/mol. The van der Waals surface area contributed by atoms with E-state index in [1.807, 2.05) is 13.8 Å². The number of pyridine rings is 1. The lowest BCUT2D eigenvalue weighted by Crippen LogP contribution is -2.54. The molecule has 0 radical (unpaired) electrons. The Bertz CT molecular complexity index is 962. The van der Waals surface area contributed by atoms with Crippen molar-refractivity contribution in [3.63, 3.8) is 0 Å². The fourth-order valence-electron chi connectivity index (χ4n) is 3.67. The van der Waals surface area contributed by atoms with Crippen molar-refractivity contribution in [2.75, 3.05) is 13.1 Å². The van der Waals surface area contributed by atoms with Crippen LogP contribution in [0.1, 0.15) is 53.9 Å². The topological polar surface area (TPSA) is 152 Å². The maximum atomic E-state index is 13.0. The lowest BCUT2D eigenvalue weighted by Gasteiger charge is -2.28. The molecule has 192 valence electrons. The van der Waals surface area contributed by atoms with Gasteiger partial charge in [0.2, 0.25) is 5.91 Å². The van der Waals surface area contributed by atoms with Crippen LogP contribution < -0.4 is 15.4 Å². The van der Waals surface area contributed by atoms with Gasteiger partial charge in [-0.1, -0.05) is 13.8 Å². The number of carbonyl (C=O) groups is 2. The van der Waals surface area contributed by atoms with Gasteiger partial charge in [-0.15, -0.1) is 0 Å². The van der Waals surface area contributed by atoms with Gasteiger partial charge in [0, 0.05) is 25.2 Å². The summed E-state index contributed by atoms with van der Waals surface area (Å²) in [7, 11) is -4.13. The largest absolute Gasteiger partial charge is 0.618 e. The Hall–Kier alpha value is -2.44. The minimum atomic E-state index is -4.13. The highest BCUT2D eigenvalue weighted by Crippen LogP contribution is 2.19. The van der Waals surface area contributed by atoms with Crippen molar-refractivity contribution >= 4 is 22.0 Å². The highest BCUT2D eigenvalue weighted by molar-refractivity contribution is 7.88. The summed E-state index contributed by atoms with van der Waals surface area (Å²) in [5.41, 5.74) is -0.726. The van der Waals surface area contributed by atoms with Gasteiger partial charge in [-0.05, 0) is 52.0 Å². The van der Waals surface area contributed by atoms with E-state index in [0.717, 1.165) is 10.5 Å². The number of aliphatic hydroxyl groups is 1. The zero-order chi connectivity index (χ0) is 25.7. The summed E-state index contributed by atoms with van der Waals surface area (Å²) in [5, 5.41) is 27.6. The summed E-state index contributed by atoms with van der Waals surface area (Å²) in [6.07, 6.45) is 0.211. The number of hydrogen-bond donors (Lipinski definition) is 3. The van der Waals surface area contributed by atoms with Gasteiger partial charge in [-0.2, -0.15) is 9.04 Å². The van der Waals surface area contributed by atoms with Crippen LogP contribution in [0.15, 0.2) is 29.4 Å². The third kappa shape index (κ3) is 7.81. The monoisotopic (exact) mass is 500 g/mol.